The van der Waals surface area contributed by atoms with Gasteiger partial charge in [-0.25, -0.2) is 15.0 Å². The monoisotopic (exact) mass is 427 g/mol. The van der Waals surface area contributed by atoms with Gasteiger partial charge in [-0.3, -0.25) is 9.59 Å². The number of aromatic nitrogens is 4. The molecule has 1 fully saturated rings. The number of amides is 1. The molecule has 1 amide bonds. The molecule has 1 N–H and O–H groups in total. The van der Waals surface area contributed by atoms with Crippen LogP contribution >= 0.6 is 0 Å². The fourth-order valence-electron chi connectivity index (χ4n) is 4.15. The highest BCUT2D eigenvalue weighted by atomic mass is 16.5. The van der Waals surface area contributed by atoms with Crippen LogP contribution in [0.1, 0.15) is 35.2 Å². The van der Waals surface area contributed by atoms with Gasteiger partial charge in [0.2, 0.25) is 5.88 Å². The zero-order valence-corrected chi connectivity index (χ0v) is 17.5. The van der Waals surface area contributed by atoms with Crippen molar-refractivity contribution in [3.63, 3.8) is 0 Å². The number of fused-ring (bicyclic) bond motifs is 1. The molecule has 3 aromatic heterocycles. The highest BCUT2D eigenvalue weighted by Gasteiger charge is 2.33. The summed E-state index contributed by atoms with van der Waals surface area (Å²) in [5.41, 5.74) is 1.93. The number of hydrogen-bond acceptors (Lipinski definition) is 6. The van der Waals surface area contributed by atoms with Crippen molar-refractivity contribution in [3.05, 3.63) is 82.7 Å². The standard InChI is InChI=1S/C24H21N5O3/c1-32-23-16(7-4-12-25-23)19-14-21(30)28-22(27-19)20-9-5-13-29(20)24(31)18-11-10-15-6-2-3-8-17(15)26-18/h2-4,6-8,10-12,14,20H,5,9,13H2,1H3,(H,27,28,30). The van der Waals surface area contributed by atoms with Gasteiger partial charge in [-0.05, 0) is 37.1 Å². The molecule has 0 saturated carbocycles. The zero-order chi connectivity index (χ0) is 22.1. The van der Waals surface area contributed by atoms with E-state index in [-0.39, 0.29) is 17.5 Å². The van der Waals surface area contributed by atoms with Gasteiger partial charge in [0, 0.05) is 24.2 Å². The van der Waals surface area contributed by atoms with Crippen molar-refractivity contribution < 1.29 is 9.53 Å². The Labute approximate surface area is 183 Å². The molecular weight excluding hydrogens is 406 g/mol. The number of rotatable bonds is 4. The molecule has 1 unspecified atom stereocenters. The predicted molar refractivity (Wildman–Crippen MR) is 119 cm³/mol. The number of carbonyl (C=O) groups excluding carboxylic acids is 1. The summed E-state index contributed by atoms with van der Waals surface area (Å²) in [4.78, 5) is 43.8. The Balaban J connectivity index is 1.51. The third-order valence-corrected chi connectivity index (χ3v) is 5.65. The highest BCUT2D eigenvalue weighted by Crippen LogP contribution is 2.32. The van der Waals surface area contributed by atoms with Gasteiger partial charge in [0.05, 0.1) is 29.9 Å². The summed E-state index contributed by atoms with van der Waals surface area (Å²) in [6.07, 6.45) is 3.13. The van der Waals surface area contributed by atoms with Crippen LogP contribution in [-0.4, -0.2) is 44.4 Å². The fraction of sp³-hybridized carbons (Fsp3) is 0.208. The second-order valence-electron chi connectivity index (χ2n) is 7.62. The van der Waals surface area contributed by atoms with Crippen LogP contribution in [0.25, 0.3) is 22.2 Å². The van der Waals surface area contributed by atoms with E-state index in [9.17, 15) is 9.59 Å². The number of H-pyrrole nitrogens is 1. The molecule has 0 aliphatic carbocycles. The molecular formula is C24H21N5O3. The molecule has 160 valence electrons. The summed E-state index contributed by atoms with van der Waals surface area (Å²) < 4.78 is 5.32. The second kappa shape index (κ2) is 8.22. The predicted octanol–water partition coefficient (Wildman–Crippen LogP) is 3.37. The van der Waals surface area contributed by atoms with E-state index in [1.165, 1.54) is 13.2 Å². The van der Waals surface area contributed by atoms with Crippen molar-refractivity contribution in [1.29, 1.82) is 0 Å². The number of hydrogen-bond donors (Lipinski definition) is 1. The lowest BCUT2D eigenvalue weighted by Crippen LogP contribution is -2.33. The number of benzene rings is 1. The number of nitrogens with zero attached hydrogens (tertiary/aromatic N) is 4. The molecule has 1 atom stereocenters. The molecule has 0 radical (unpaired) electrons. The average Bonchev–Trinajstić information content (AvgIpc) is 3.33. The lowest BCUT2D eigenvalue weighted by molar-refractivity contribution is 0.0724. The van der Waals surface area contributed by atoms with E-state index < -0.39 is 0 Å². The van der Waals surface area contributed by atoms with Gasteiger partial charge in [0.15, 0.2) is 0 Å². The van der Waals surface area contributed by atoms with Crippen molar-refractivity contribution in [2.75, 3.05) is 13.7 Å². The largest absolute Gasteiger partial charge is 0.481 e. The lowest BCUT2D eigenvalue weighted by atomic mass is 10.1. The Morgan fingerprint density at radius 3 is 2.88 bits per heavy atom. The number of para-hydroxylation sites is 1. The number of pyridine rings is 2. The van der Waals surface area contributed by atoms with Gasteiger partial charge in [-0.15, -0.1) is 0 Å². The number of ether oxygens (including phenoxy) is 1. The molecule has 32 heavy (non-hydrogen) atoms. The number of methoxy groups -OCH3 is 1. The van der Waals surface area contributed by atoms with Crippen LogP contribution in [0.4, 0.5) is 0 Å². The Hall–Kier alpha value is -4.07. The third kappa shape index (κ3) is 3.60. The maximum absolute atomic E-state index is 13.3. The van der Waals surface area contributed by atoms with E-state index in [1.807, 2.05) is 30.3 Å². The molecule has 5 rings (SSSR count). The number of nitrogens with one attached hydrogen (secondary N) is 1. The van der Waals surface area contributed by atoms with Crippen LogP contribution in [0.5, 0.6) is 5.88 Å². The molecule has 1 saturated heterocycles. The van der Waals surface area contributed by atoms with Gasteiger partial charge in [-0.1, -0.05) is 24.3 Å². The molecule has 1 aliphatic rings. The zero-order valence-electron chi connectivity index (χ0n) is 17.5. The Morgan fingerprint density at radius 2 is 2.00 bits per heavy atom. The Kier molecular flexibility index (Phi) is 5.10. The second-order valence-corrected chi connectivity index (χ2v) is 7.62. The number of carbonyl (C=O) groups is 1. The highest BCUT2D eigenvalue weighted by molar-refractivity contribution is 5.95. The molecule has 0 spiro atoms. The van der Waals surface area contributed by atoms with Crippen LogP contribution in [0.15, 0.2) is 65.6 Å². The topological polar surface area (TPSA) is 101 Å². The first-order valence-corrected chi connectivity index (χ1v) is 10.4. The van der Waals surface area contributed by atoms with E-state index in [4.69, 9.17) is 4.74 Å². The van der Waals surface area contributed by atoms with Gasteiger partial charge in [-0.2, -0.15) is 0 Å². The number of likely N-dealkylation sites (tertiary alicyclic amines) is 1. The minimum Gasteiger partial charge on any atom is -0.481 e. The SMILES string of the molecule is COc1ncccc1-c1cc(=O)[nH]c(C2CCCN2C(=O)c2ccc3ccccc3n2)n1. The van der Waals surface area contributed by atoms with E-state index in [1.54, 1.807) is 29.3 Å². The molecule has 1 aliphatic heterocycles. The van der Waals surface area contributed by atoms with Crippen molar-refractivity contribution >= 4 is 16.8 Å². The van der Waals surface area contributed by atoms with Crippen LogP contribution in [0.3, 0.4) is 0 Å². The van der Waals surface area contributed by atoms with E-state index in [0.717, 1.165) is 17.3 Å². The first-order chi connectivity index (χ1) is 15.6. The first kappa shape index (κ1) is 19.9. The average molecular weight is 427 g/mol. The molecule has 8 heteroatoms. The molecule has 4 heterocycles. The van der Waals surface area contributed by atoms with Gasteiger partial charge in [0.25, 0.3) is 11.5 Å². The summed E-state index contributed by atoms with van der Waals surface area (Å²) in [5, 5.41) is 0.978. The summed E-state index contributed by atoms with van der Waals surface area (Å²) in [7, 11) is 1.52. The summed E-state index contributed by atoms with van der Waals surface area (Å²) in [6, 6.07) is 16.0. The number of aromatic amines is 1. The Bertz CT molecular complexity index is 1370. The quantitative estimate of drug-likeness (QED) is 0.536. The molecule has 1 aromatic carbocycles. The normalized spacial score (nSPS) is 15.8. The van der Waals surface area contributed by atoms with E-state index in [2.05, 4.69) is 19.9 Å². The first-order valence-electron chi connectivity index (χ1n) is 10.4. The van der Waals surface area contributed by atoms with Crippen LogP contribution in [-0.2, 0) is 0 Å². The summed E-state index contributed by atoms with van der Waals surface area (Å²) in [5.74, 6) is 0.659. The van der Waals surface area contributed by atoms with Crippen LogP contribution in [0.2, 0.25) is 0 Å². The smallest absolute Gasteiger partial charge is 0.273 e. The van der Waals surface area contributed by atoms with E-state index >= 15 is 0 Å². The van der Waals surface area contributed by atoms with Crippen LogP contribution in [0, 0.1) is 0 Å². The van der Waals surface area contributed by atoms with Crippen molar-refractivity contribution in [1.82, 2.24) is 24.8 Å². The lowest BCUT2D eigenvalue weighted by Gasteiger charge is -2.24. The minimum atomic E-state index is -0.342. The third-order valence-electron chi connectivity index (χ3n) is 5.65. The maximum atomic E-state index is 13.3. The fourth-order valence-corrected chi connectivity index (χ4v) is 4.15. The molecule has 4 aromatic rings. The maximum Gasteiger partial charge on any atom is 0.273 e. The van der Waals surface area contributed by atoms with Crippen molar-refractivity contribution in [2.24, 2.45) is 0 Å². The van der Waals surface area contributed by atoms with Gasteiger partial charge >= 0.3 is 0 Å². The van der Waals surface area contributed by atoms with E-state index in [0.29, 0.717) is 41.6 Å². The van der Waals surface area contributed by atoms with Gasteiger partial charge < -0.3 is 14.6 Å². The Morgan fingerprint density at radius 1 is 1.12 bits per heavy atom. The van der Waals surface area contributed by atoms with Crippen LogP contribution < -0.4 is 10.3 Å². The van der Waals surface area contributed by atoms with Gasteiger partial charge in [0.1, 0.15) is 11.5 Å². The van der Waals surface area contributed by atoms with Crippen molar-refractivity contribution in [2.45, 2.75) is 18.9 Å². The summed E-state index contributed by atoms with van der Waals surface area (Å²) >= 11 is 0. The molecule has 8 nitrogen and oxygen atoms in total. The summed E-state index contributed by atoms with van der Waals surface area (Å²) in [6.45, 7) is 0.572. The molecule has 0 bridgehead atoms. The minimum absolute atomic E-state index is 0.176. The van der Waals surface area contributed by atoms with Crippen molar-refractivity contribution in [3.8, 4) is 17.1 Å².